The second kappa shape index (κ2) is 8.72. The topological polar surface area (TPSA) is 34.0 Å². The number of hydrogen-bond acceptors (Lipinski definition) is 3. The minimum atomic E-state index is -1.09. The molecule has 6 rings (SSSR count). The van der Waals surface area contributed by atoms with E-state index in [9.17, 15) is 4.79 Å². The van der Waals surface area contributed by atoms with Gasteiger partial charge in [-0.25, -0.2) is 4.79 Å². The third-order valence-corrected chi connectivity index (χ3v) is 7.27. The Hall–Kier alpha value is -4.31. The monoisotopic (exact) mass is 472 g/mol. The molecule has 3 aromatic carbocycles. The summed E-state index contributed by atoms with van der Waals surface area (Å²) in [6.07, 6.45) is 2.05. The van der Waals surface area contributed by atoms with Gasteiger partial charge in [0, 0.05) is 47.2 Å². The highest BCUT2D eigenvalue weighted by Crippen LogP contribution is 2.50. The van der Waals surface area contributed by atoms with Crippen LogP contribution in [0.5, 0.6) is 0 Å². The molecule has 5 aromatic rings. The Morgan fingerprint density at radius 2 is 1.47 bits per heavy atom. The molecule has 0 aliphatic carbocycles. The van der Waals surface area contributed by atoms with Gasteiger partial charge in [-0.3, -0.25) is 0 Å². The molecule has 0 amide bonds. The van der Waals surface area contributed by atoms with Crippen LogP contribution in [-0.2, 0) is 10.3 Å². The maximum absolute atomic E-state index is 13.4. The van der Waals surface area contributed by atoms with Crippen molar-refractivity contribution in [2.75, 3.05) is 18.0 Å². The molecule has 2 aromatic heterocycles. The fourth-order valence-corrected chi connectivity index (χ4v) is 5.56. The molecule has 0 saturated carbocycles. The van der Waals surface area contributed by atoms with Gasteiger partial charge in [0.05, 0.1) is 11.3 Å². The van der Waals surface area contributed by atoms with Crippen LogP contribution < -0.4 is 4.90 Å². The van der Waals surface area contributed by atoms with Crippen molar-refractivity contribution >= 4 is 17.2 Å². The van der Waals surface area contributed by atoms with E-state index >= 15 is 0 Å². The Morgan fingerprint density at radius 3 is 2.22 bits per heavy atom. The lowest BCUT2D eigenvalue weighted by atomic mass is 9.80. The van der Waals surface area contributed by atoms with Gasteiger partial charge in [0.1, 0.15) is 0 Å². The van der Waals surface area contributed by atoms with Gasteiger partial charge in [0.2, 0.25) is 5.60 Å². The van der Waals surface area contributed by atoms with Crippen molar-refractivity contribution in [1.29, 1.82) is 0 Å². The Labute approximate surface area is 211 Å². The Balaban J connectivity index is 1.69. The lowest BCUT2D eigenvalue weighted by Gasteiger charge is -2.32. The van der Waals surface area contributed by atoms with E-state index in [0.717, 1.165) is 52.2 Å². The standard InChI is InChI=1S/C32H28N2O2/c1-3-33(4-2)25-19-17-24(18-20-25)32(29-16-9-8-15-27(29)31(35)36-32)30-28(23-12-6-5-7-13-23)22-26-14-10-11-21-34(26)30/h5-22H,3-4H2,1-2H3. The summed E-state index contributed by atoms with van der Waals surface area (Å²) in [5.74, 6) is -0.302. The molecule has 4 nitrogen and oxygen atoms in total. The number of carbonyl (C=O) groups excluding carboxylic acids is 1. The zero-order valence-electron chi connectivity index (χ0n) is 20.5. The third kappa shape index (κ3) is 3.25. The summed E-state index contributed by atoms with van der Waals surface area (Å²) in [4.78, 5) is 15.7. The van der Waals surface area contributed by atoms with Crippen molar-refractivity contribution in [3.63, 3.8) is 0 Å². The predicted octanol–water partition coefficient (Wildman–Crippen LogP) is 6.91. The van der Waals surface area contributed by atoms with Crippen LogP contribution in [0.1, 0.15) is 41.0 Å². The first-order chi connectivity index (χ1) is 17.7. The van der Waals surface area contributed by atoms with Gasteiger partial charge in [-0.05, 0) is 55.8 Å². The van der Waals surface area contributed by atoms with Crippen LogP contribution in [0.3, 0.4) is 0 Å². The fraction of sp³-hybridized carbons (Fsp3) is 0.156. The summed E-state index contributed by atoms with van der Waals surface area (Å²) in [6.45, 7) is 6.18. The number of cyclic esters (lactones) is 1. The number of pyridine rings is 1. The molecule has 0 saturated heterocycles. The van der Waals surface area contributed by atoms with Gasteiger partial charge in [0.15, 0.2) is 0 Å². The Kier molecular flexibility index (Phi) is 5.37. The average Bonchev–Trinajstić information content (AvgIpc) is 3.47. The van der Waals surface area contributed by atoms with E-state index in [0.29, 0.717) is 5.56 Å². The quantitative estimate of drug-likeness (QED) is 0.252. The highest BCUT2D eigenvalue weighted by Gasteiger charge is 2.51. The molecule has 0 spiro atoms. The second-order valence-corrected chi connectivity index (χ2v) is 9.10. The number of rotatable bonds is 6. The lowest BCUT2D eigenvalue weighted by molar-refractivity contribution is 0.0238. The normalized spacial score (nSPS) is 16.7. The van der Waals surface area contributed by atoms with E-state index in [-0.39, 0.29) is 5.97 Å². The molecule has 36 heavy (non-hydrogen) atoms. The van der Waals surface area contributed by atoms with Crippen molar-refractivity contribution in [1.82, 2.24) is 4.40 Å². The van der Waals surface area contributed by atoms with Crippen LogP contribution in [0.4, 0.5) is 5.69 Å². The number of aromatic nitrogens is 1. The number of ether oxygens (including phenoxy) is 1. The van der Waals surface area contributed by atoms with Gasteiger partial charge in [-0.1, -0.05) is 66.7 Å². The molecule has 1 atom stereocenters. The molecule has 0 radical (unpaired) electrons. The summed E-state index contributed by atoms with van der Waals surface area (Å²) in [6, 6.07) is 34.9. The molecular weight excluding hydrogens is 444 g/mol. The minimum Gasteiger partial charge on any atom is -0.439 e. The van der Waals surface area contributed by atoms with E-state index in [1.807, 2.05) is 54.6 Å². The van der Waals surface area contributed by atoms with Crippen LogP contribution in [0, 0.1) is 0 Å². The lowest BCUT2D eigenvalue weighted by Crippen LogP contribution is -2.32. The number of benzene rings is 3. The first-order valence-electron chi connectivity index (χ1n) is 12.5. The smallest absolute Gasteiger partial charge is 0.340 e. The molecule has 0 fully saturated rings. The van der Waals surface area contributed by atoms with Crippen molar-refractivity contribution in [2.24, 2.45) is 0 Å². The molecule has 4 heteroatoms. The van der Waals surface area contributed by atoms with E-state index in [1.54, 1.807) is 0 Å². The number of anilines is 1. The Morgan fingerprint density at radius 1 is 0.778 bits per heavy atom. The molecule has 1 unspecified atom stereocenters. The molecule has 1 aliphatic rings. The van der Waals surface area contributed by atoms with Crippen LogP contribution in [0.2, 0.25) is 0 Å². The predicted molar refractivity (Wildman–Crippen MR) is 145 cm³/mol. The molecule has 1 aliphatic heterocycles. The van der Waals surface area contributed by atoms with Crippen LogP contribution >= 0.6 is 0 Å². The number of fused-ring (bicyclic) bond motifs is 2. The number of hydrogen-bond donors (Lipinski definition) is 0. The maximum Gasteiger partial charge on any atom is 0.340 e. The van der Waals surface area contributed by atoms with Gasteiger partial charge < -0.3 is 14.0 Å². The van der Waals surface area contributed by atoms with Gasteiger partial charge in [-0.2, -0.15) is 0 Å². The van der Waals surface area contributed by atoms with Gasteiger partial charge in [-0.15, -0.1) is 0 Å². The molecule has 0 bridgehead atoms. The molecule has 178 valence electrons. The van der Waals surface area contributed by atoms with E-state index < -0.39 is 5.60 Å². The van der Waals surface area contributed by atoms with Crippen LogP contribution in [-0.4, -0.2) is 23.5 Å². The van der Waals surface area contributed by atoms with Crippen molar-refractivity contribution in [3.05, 3.63) is 132 Å². The summed E-state index contributed by atoms with van der Waals surface area (Å²) in [7, 11) is 0. The summed E-state index contributed by atoms with van der Waals surface area (Å²) < 4.78 is 8.66. The number of carbonyl (C=O) groups is 1. The maximum atomic E-state index is 13.4. The first-order valence-corrected chi connectivity index (χ1v) is 12.5. The largest absolute Gasteiger partial charge is 0.439 e. The summed E-state index contributed by atoms with van der Waals surface area (Å²) in [5, 5.41) is 0. The molecule has 0 N–H and O–H groups in total. The number of esters is 1. The minimum absolute atomic E-state index is 0.302. The van der Waals surface area contributed by atoms with Crippen molar-refractivity contribution in [2.45, 2.75) is 19.4 Å². The van der Waals surface area contributed by atoms with E-state index in [1.165, 1.54) is 0 Å². The van der Waals surface area contributed by atoms with Crippen LogP contribution in [0.25, 0.3) is 16.6 Å². The second-order valence-electron chi connectivity index (χ2n) is 9.10. The van der Waals surface area contributed by atoms with Crippen molar-refractivity contribution < 1.29 is 9.53 Å². The van der Waals surface area contributed by atoms with Gasteiger partial charge in [0.25, 0.3) is 0 Å². The first kappa shape index (κ1) is 22.2. The highest BCUT2D eigenvalue weighted by molar-refractivity contribution is 5.97. The Bertz CT molecular complexity index is 1550. The molecular formula is C32H28N2O2. The van der Waals surface area contributed by atoms with E-state index in [4.69, 9.17) is 4.74 Å². The van der Waals surface area contributed by atoms with Crippen LogP contribution in [0.15, 0.2) is 109 Å². The average molecular weight is 473 g/mol. The molecule has 3 heterocycles. The number of nitrogens with zero attached hydrogens (tertiary/aromatic N) is 2. The summed E-state index contributed by atoms with van der Waals surface area (Å²) >= 11 is 0. The van der Waals surface area contributed by atoms with E-state index in [2.05, 4.69) is 77.9 Å². The van der Waals surface area contributed by atoms with Gasteiger partial charge >= 0.3 is 5.97 Å². The summed E-state index contributed by atoms with van der Waals surface area (Å²) in [5.41, 5.74) is 6.56. The highest BCUT2D eigenvalue weighted by atomic mass is 16.6. The zero-order chi connectivity index (χ0) is 24.7. The zero-order valence-corrected chi connectivity index (χ0v) is 20.5. The van der Waals surface area contributed by atoms with Crippen molar-refractivity contribution in [3.8, 4) is 11.1 Å². The fourth-order valence-electron chi connectivity index (χ4n) is 5.56. The SMILES string of the molecule is CCN(CC)c1ccc(C2(c3c(-c4ccccc4)cc4ccccn34)OC(=O)c3ccccc32)cc1. The third-order valence-electron chi connectivity index (χ3n) is 7.27.